The Bertz CT molecular complexity index is 1410. The van der Waals surface area contributed by atoms with Gasteiger partial charge in [0.05, 0.1) is 41.6 Å². The number of nitro benzene ring substituents is 1. The monoisotopic (exact) mass is 533 g/mol. The summed E-state index contributed by atoms with van der Waals surface area (Å²) in [7, 11) is -1.18. The summed E-state index contributed by atoms with van der Waals surface area (Å²) < 4.78 is 40.4. The van der Waals surface area contributed by atoms with Gasteiger partial charge in [0.2, 0.25) is 0 Å². The summed E-state index contributed by atoms with van der Waals surface area (Å²) in [4.78, 5) is 34.7. The molecule has 14 nitrogen and oxygen atoms in total. The van der Waals surface area contributed by atoms with Crippen LogP contribution < -0.4 is 14.5 Å². The molecule has 15 heteroatoms. The van der Waals surface area contributed by atoms with Crippen molar-refractivity contribution in [2.24, 2.45) is 15.3 Å². The molecular formula is C22H23N5O9S. The van der Waals surface area contributed by atoms with Crippen molar-refractivity contribution >= 4 is 44.5 Å². The van der Waals surface area contributed by atoms with Crippen LogP contribution in [0.4, 0.5) is 17.1 Å². The van der Waals surface area contributed by atoms with Crippen molar-refractivity contribution in [2.75, 3.05) is 31.6 Å². The molecule has 0 aliphatic carbocycles. The van der Waals surface area contributed by atoms with E-state index in [2.05, 4.69) is 15.3 Å². The van der Waals surface area contributed by atoms with Gasteiger partial charge < -0.3 is 14.2 Å². The molecule has 0 spiro atoms. The number of benzene rings is 2. The van der Waals surface area contributed by atoms with Crippen molar-refractivity contribution in [1.82, 2.24) is 0 Å². The minimum Gasteiger partial charge on any atom is -0.496 e. The lowest BCUT2D eigenvalue weighted by molar-refractivity contribution is -0.384. The van der Waals surface area contributed by atoms with Gasteiger partial charge in [-0.3, -0.25) is 19.7 Å². The summed E-state index contributed by atoms with van der Waals surface area (Å²) >= 11 is 0. The standard InChI is InChI=1S/C22H23N5O9S/c1-13-21(24-23-17-7-5-15(34-3)11-18(17)27(30)31)22(29)26(25-13)19-12-16(6-8-20(19)35-4)37(32,33)10-9-36-14(2)28/h5-8,11-12,21H,9-10H2,1-4H3. The number of carbonyl (C=O) groups excluding carboxylic acids is 2. The predicted molar refractivity (Wildman–Crippen MR) is 130 cm³/mol. The Morgan fingerprint density at radius 2 is 1.92 bits per heavy atom. The fourth-order valence-electron chi connectivity index (χ4n) is 3.28. The molecule has 0 saturated heterocycles. The van der Waals surface area contributed by atoms with Crippen molar-refractivity contribution in [3.05, 3.63) is 46.5 Å². The number of hydrogen-bond donors (Lipinski definition) is 0. The van der Waals surface area contributed by atoms with E-state index in [1.807, 2.05) is 0 Å². The minimum absolute atomic E-state index is 0.0357. The lowest BCUT2D eigenvalue weighted by Gasteiger charge is -2.17. The van der Waals surface area contributed by atoms with E-state index in [9.17, 15) is 28.1 Å². The molecule has 0 aromatic heterocycles. The van der Waals surface area contributed by atoms with Crippen molar-refractivity contribution in [1.29, 1.82) is 0 Å². The van der Waals surface area contributed by atoms with Crippen molar-refractivity contribution in [3.8, 4) is 11.5 Å². The third-order valence-corrected chi connectivity index (χ3v) is 6.83. The first kappa shape index (κ1) is 27.2. The molecule has 2 aromatic rings. The zero-order valence-corrected chi connectivity index (χ0v) is 21.1. The van der Waals surface area contributed by atoms with Crippen LogP contribution in [0.2, 0.25) is 0 Å². The van der Waals surface area contributed by atoms with Crippen molar-refractivity contribution in [3.63, 3.8) is 0 Å². The van der Waals surface area contributed by atoms with Gasteiger partial charge in [0.15, 0.2) is 21.6 Å². The first-order valence-electron chi connectivity index (χ1n) is 10.6. The Labute approximate surface area is 211 Å². The maximum atomic E-state index is 13.2. The highest BCUT2D eigenvalue weighted by atomic mass is 32.2. The highest BCUT2D eigenvalue weighted by molar-refractivity contribution is 7.91. The fourth-order valence-corrected chi connectivity index (χ4v) is 4.39. The van der Waals surface area contributed by atoms with Gasteiger partial charge in [-0.05, 0) is 37.3 Å². The van der Waals surface area contributed by atoms with Crippen LogP contribution in [-0.4, -0.2) is 63.6 Å². The zero-order valence-electron chi connectivity index (χ0n) is 20.3. The van der Waals surface area contributed by atoms with Gasteiger partial charge >= 0.3 is 5.97 Å². The summed E-state index contributed by atoms with van der Waals surface area (Å²) in [6.45, 7) is 2.34. The number of sulfone groups is 1. The van der Waals surface area contributed by atoms with E-state index in [0.29, 0.717) is 0 Å². The summed E-state index contributed by atoms with van der Waals surface area (Å²) in [6.07, 6.45) is 0. The fraction of sp³-hybridized carbons (Fsp3) is 0.318. The lowest BCUT2D eigenvalue weighted by Crippen LogP contribution is -2.30. The molecule has 0 saturated carbocycles. The van der Waals surface area contributed by atoms with E-state index < -0.39 is 38.4 Å². The topological polar surface area (TPSA) is 179 Å². The number of carbonyl (C=O) groups is 2. The quantitative estimate of drug-likeness (QED) is 0.192. The Balaban J connectivity index is 1.91. The Morgan fingerprint density at radius 3 is 2.54 bits per heavy atom. The highest BCUT2D eigenvalue weighted by Crippen LogP contribution is 2.35. The normalized spacial score (nSPS) is 15.6. The number of hydrazone groups is 1. The van der Waals surface area contributed by atoms with Crippen LogP contribution in [0, 0.1) is 10.1 Å². The zero-order chi connectivity index (χ0) is 27.3. The molecule has 0 bridgehead atoms. The van der Waals surface area contributed by atoms with Gasteiger partial charge in [-0.25, -0.2) is 8.42 Å². The molecule has 1 amide bonds. The Morgan fingerprint density at radius 1 is 1.19 bits per heavy atom. The van der Waals surface area contributed by atoms with Crippen LogP contribution in [0.5, 0.6) is 11.5 Å². The molecule has 1 aliphatic heterocycles. The molecule has 1 heterocycles. The molecule has 0 fully saturated rings. The maximum absolute atomic E-state index is 13.2. The smallest absolute Gasteiger partial charge is 0.302 e. The number of hydrogen-bond acceptors (Lipinski definition) is 12. The van der Waals surface area contributed by atoms with E-state index in [1.54, 1.807) is 0 Å². The number of methoxy groups -OCH3 is 2. The van der Waals surface area contributed by atoms with Crippen LogP contribution in [0.1, 0.15) is 13.8 Å². The van der Waals surface area contributed by atoms with Crippen LogP contribution in [0.25, 0.3) is 0 Å². The Kier molecular flexibility index (Phi) is 8.17. The lowest BCUT2D eigenvalue weighted by atomic mass is 10.2. The second-order valence-electron chi connectivity index (χ2n) is 7.61. The average Bonchev–Trinajstić information content (AvgIpc) is 3.14. The third kappa shape index (κ3) is 6.06. The van der Waals surface area contributed by atoms with Crippen LogP contribution in [0.15, 0.2) is 56.6 Å². The first-order chi connectivity index (χ1) is 17.5. The van der Waals surface area contributed by atoms with Crippen molar-refractivity contribution in [2.45, 2.75) is 24.8 Å². The molecule has 2 aromatic carbocycles. The molecule has 0 radical (unpaired) electrons. The number of anilines is 1. The van der Waals surface area contributed by atoms with Gasteiger partial charge in [0, 0.05) is 6.92 Å². The first-order valence-corrected chi connectivity index (χ1v) is 12.3. The molecule has 37 heavy (non-hydrogen) atoms. The van der Waals surface area contributed by atoms with E-state index in [4.69, 9.17) is 14.2 Å². The maximum Gasteiger partial charge on any atom is 0.302 e. The number of esters is 1. The number of azo groups is 1. The molecule has 1 unspecified atom stereocenters. The molecule has 1 aliphatic rings. The summed E-state index contributed by atoms with van der Waals surface area (Å²) in [6, 6.07) is 6.63. The highest BCUT2D eigenvalue weighted by Gasteiger charge is 2.37. The second kappa shape index (κ2) is 11.1. The van der Waals surface area contributed by atoms with E-state index in [0.717, 1.165) is 11.9 Å². The average molecular weight is 534 g/mol. The van der Waals surface area contributed by atoms with Gasteiger partial charge in [0.25, 0.3) is 11.6 Å². The molecule has 0 N–H and O–H groups in total. The van der Waals surface area contributed by atoms with E-state index in [1.165, 1.54) is 57.5 Å². The SMILES string of the molecule is COc1ccc(N=NC2C(=O)N(c3cc(S(=O)(=O)CCOC(C)=O)ccc3OC)N=C2C)c([N+](=O)[O-])c1. The third-order valence-electron chi connectivity index (χ3n) is 5.15. The minimum atomic E-state index is -3.88. The van der Waals surface area contributed by atoms with Crippen molar-refractivity contribution < 1.29 is 37.1 Å². The van der Waals surface area contributed by atoms with Crippen LogP contribution in [-0.2, 0) is 24.2 Å². The summed E-state index contributed by atoms with van der Waals surface area (Å²) in [5.41, 5.74) is -0.208. The van der Waals surface area contributed by atoms with Gasteiger partial charge in [-0.2, -0.15) is 15.2 Å². The predicted octanol–water partition coefficient (Wildman–Crippen LogP) is 2.82. The van der Waals surface area contributed by atoms with Crippen LogP contribution >= 0.6 is 0 Å². The van der Waals surface area contributed by atoms with E-state index >= 15 is 0 Å². The number of nitrogens with zero attached hydrogens (tertiary/aromatic N) is 5. The summed E-state index contributed by atoms with van der Waals surface area (Å²) in [5, 5.41) is 24.4. The van der Waals surface area contributed by atoms with Gasteiger partial charge in [-0.15, -0.1) is 5.11 Å². The van der Waals surface area contributed by atoms with E-state index in [-0.39, 0.29) is 45.8 Å². The molecule has 196 valence electrons. The van der Waals surface area contributed by atoms with Gasteiger partial charge in [-0.1, -0.05) is 0 Å². The molecular weight excluding hydrogens is 510 g/mol. The number of nitro groups is 1. The van der Waals surface area contributed by atoms with Crippen LogP contribution in [0.3, 0.4) is 0 Å². The largest absolute Gasteiger partial charge is 0.496 e. The molecule has 1 atom stereocenters. The number of ether oxygens (including phenoxy) is 3. The second-order valence-corrected chi connectivity index (χ2v) is 9.72. The number of amides is 1. The molecule has 3 rings (SSSR count). The van der Waals surface area contributed by atoms with Gasteiger partial charge in [0.1, 0.15) is 23.8 Å². The number of rotatable bonds is 10. The Hall–Kier alpha value is -4.40. The summed E-state index contributed by atoms with van der Waals surface area (Å²) in [5.74, 6) is -1.34.